The Bertz CT molecular complexity index is 305. The summed E-state index contributed by atoms with van der Waals surface area (Å²) in [6, 6.07) is 3.93. The largest absolute Gasteiger partial charge is 0.481 e. The molecule has 0 aliphatic carbocycles. The van der Waals surface area contributed by atoms with Gasteiger partial charge in [0.05, 0.1) is 12.8 Å². The lowest BCUT2D eigenvalue weighted by atomic mass is 10.2. The van der Waals surface area contributed by atoms with Crippen LogP contribution in [-0.4, -0.2) is 12.1 Å². The van der Waals surface area contributed by atoms with Gasteiger partial charge >= 0.3 is 0 Å². The van der Waals surface area contributed by atoms with Gasteiger partial charge in [-0.25, -0.2) is 4.98 Å². The van der Waals surface area contributed by atoms with E-state index >= 15 is 0 Å². The second-order valence-corrected chi connectivity index (χ2v) is 2.80. The normalized spacial score (nSPS) is 8.64. The quantitative estimate of drug-likeness (QED) is 0.717. The van der Waals surface area contributed by atoms with Gasteiger partial charge in [0.15, 0.2) is 0 Å². The molecule has 0 fully saturated rings. The number of pyridine rings is 1. The van der Waals surface area contributed by atoms with Gasteiger partial charge < -0.3 is 4.74 Å². The molecule has 0 bridgehead atoms. The number of nitrogens with zero attached hydrogens (tertiary/aromatic N) is 1. The number of hydrogen-bond donors (Lipinski definition) is 0. The van der Waals surface area contributed by atoms with Crippen LogP contribution in [-0.2, 0) is 0 Å². The molecule has 0 amide bonds. The highest BCUT2D eigenvalue weighted by Crippen LogP contribution is 2.17. The van der Waals surface area contributed by atoms with Gasteiger partial charge in [0, 0.05) is 5.56 Å². The van der Waals surface area contributed by atoms with E-state index in [4.69, 9.17) is 4.74 Å². The zero-order valence-corrected chi connectivity index (χ0v) is 9.72. The molecule has 0 spiro atoms. The number of aromatic nitrogens is 1. The van der Waals surface area contributed by atoms with Crippen LogP contribution >= 0.6 is 0 Å². The minimum Gasteiger partial charge on any atom is -0.481 e. The van der Waals surface area contributed by atoms with Crippen molar-refractivity contribution < 1.29 is 4.74 Å². The summed E-state index contributed by atoms with van der Waals surface area (Å²) in [6.45, 7) is 11.7. The lowest BCUT2D eigenvalue weighted by molar-refractivity contribution is 0.394. The summed E-state index contributed by atoms with van der Waals surface area (Å²) >= 11 is 0. The summed E-state index contributed by atoms with van der Waals surface area (Å²) in [4.78, 5) is 4.27. The Balaban J connectivity index is 0.000000791. The summed E-state index contributed by atoms with van der Waals surface area (Å²) in [7, 11) is 1.62. The summed E-state index contributed by atoms with van der Waals surface area (Å²) in [5.74, 6) is 0.676. The molecule has 1 rings (SSSR count). The molecule has 1 aromatic heterocycles. The molecule has 1 heterocycles. The van der Waals surface area contributed by atoms with Crippen molar-refractivity contribution >= 4 is 5.57 Å². The van der Waals surface area contributed by atoms with Crippen LogP contribution in [0.5, 0.6) is 5.88 Å². The van der Waals surface area contributed by atoms with Crippen molar-refractivity contribution in [3.8, 4) is 5.88 Å². The minimum atomic E-state index is 0.676. The van der Waals surface area contributed by atoms with Crippen molar-refractivity contribution in [1.29, 1.82) is 0 Å². The number of allylic oxidation sites excluding steroid dienone is 1. The lowest BCUT2D eigenvalue weighted by Crippen LogP contribution is -1.93. The fourth-order valence-electron chi connectivity index (χ4n) is 0.954. The van der Waals surface area contributed by atoms with Gasteiger partial charge in [-0.1, -0.05) is 26.5 Å². The van der Waals surface area contributed by atoms with Crippen molar-refractivity contribution in [2.75, 3.05) is 7.11 Å². The Hall–Kier alpha value is -1.31. The van der Waals surface area contributed by atoms with Crippen molar-refractivity contribution in [2.45, 2.75) is 27.7 Å². The van der Waals surface area contributed by atoms with E-state index in [1.54, 1.807) is 7.11 Å². The van der Waals surface area contributed by atoms with E-state index in [1.807, 2.05) is 39.8 Å². The van der Waals surface area contributed by atoms with Gasteiger partial charge in [-0.3, -0.25) is 0 Å². The van der Waals surface area contributed by atoms with Crippen LogP contribution in [0.2, 0.25) is 0 Å². The Morgan fingerprint density at radius 1 is 1.36 bits per heavy atom. The van der Waals surface area contributed by atoms with Crippen LogP contribution in [0.3, 0.4) is 0 Å². The number of aryl methyl sites for hydroxylation is 1. The van der Waals surface area contributed by atoms with Crippen LogP contribution in [0.25, 0.3) is 5.57 Å². The third kappa shape index (κ3) is 3.21. The average Bonchev–Trinajstić information content (AvgIpc) is 2.21. The van der Waals surface area contributed by atoms with Gasteiger partial charge in [-0.2, -0.15) is 0 Å². The molecule has 0 saturated carbocycles. The second-order valence-electron chi connectivity index (χ2n) is 2.80. The molecule has 0 aliphatic heterocycles. The maximum absolute atomic E-state index is 5.08. The first-order valence-electron chi connectivity index (χ1n) is 4.82. The van der Waals surface area contributed by atoms with E-state index in [-0.39, 0.29) is 0 Å². The topological polar surface area (TPSA) is 22.1 Å². The van der Waals surface area contributed by atoms with Crippen LogP contribution in [0, 0.1) is 6.92 Å². The number of rotatable bonds is 2. The molecular formula is C12H19NO. The van der Waals surface area contributed by atoms with E-state index in [0.29, 0.717) is 5.88 Å². The maximum Gasteiger partial charge on any atom is 0.216 e. The first-order valence-corrected chi connectivity index (χ1v) is 4.82. The Labute approximate surface area is 86.6 Å². The van der Waals surface area contributed by atoms with E-state index in [0.717, 1.165) is 16.8 Å². The molecule has 0 aromatic carbocycles. The highest BCUT2D eigenvalue weighted by atomic mass is 16.5. The zero-order chi connectivity index (χ0) is 11.1. The molecule has 0 aliphatic rings. The lowest BCUT2D eigenvalue weighted by Gasteiger charge is -2.05. The summed E-state index contributed by atoms with van der Waals surface area (Å²) < 4.78 is 5.08. The molecule has 0 N–H and O–H groups in total. The van der Waals surface area contributed by atoms with Crippen LogP contribution < -0.4 is 4.74 Å². The van der Waals surface area contributed by atoms with E-state index in [2.05, 4.69) is 11.6 Å². The average molecular weight is 193 g/mol. The standard InChI is InChI=1S/C10H13NO.C2H6/c1-7(2)9-6-5-8(3)10(11-9)12-4;1-2/h5-6H,1H2,2-4H3;1-2H3. The Morgan fingerprint density at radius 3 is 2.36 bits per heavy atom. The van der Waals surface area contributed by atoms with Gasteiger partial charge in [0.2, 0.25) is 5.88 Å². The maximum atomic E-state index is 5.08. The van der Waals surface area contributed by atoms with Gasteiger partial charge in [0.1, 0.15) is 0 Å². The number of methoxy groups -OCH3 is 1. The Morgan fingerprint density at radius 2 is 1.93 bits per heavy atom. The fraction of sp³-hybridized carbons (Fsp3) is 0.417. The molecule has 78 valence electrons. The van der Waals surface area contributed by atoms with Gasteiger partial charge in [-0.05, 0) is 25.5 Å². The van der Waals surface area contributed by atoms with E-state index in [1.165, 1.54) is 0 Å². The van der Waals surface area contributed by atoms with E-state index < -0.39 is 0 Å². The number of ether oxygens (including phenoxy) is 1. The molecule has 0 unspecified atom stereocenters. The van der Waals surface area contributed by atoms with Crippen LogP contribution in [0.15, 0.2) is 18.7 Å². The Kier molecular flexibility index (Phi) is 5.61. The minimum absolute atomic E-state index is 0.676. The van der Waals surface area contributed by atoms with Gasteiger partial charge in [-0.15, -0.1) is 0 Å². The molecule has 2 heteroatoms. The molecule has 2 nitrogen and oxygen atoms in total. The van der Waals surface area contributed by atoms with E-state index in [9.17, 15) is 0 Å². The van der Waals surface area contributed by atoms with Crippen molar-refractivity contribution in [1.82, 2.24) is 4.98 Å². The molecule has 14 heavy (non-hydrogen) atoms. The molecule has 0 saturated heterocycles. The smallest absolute Gasteiger partial charge is 0.216 e. The first kappa shape index (κ1) is 12.7. The molecular weight excluding hydrogens is 174 g/mol. The summed E-state index contributed by atoms with van der Waals surface area (Å²) in [5.41, 5.74) is 2.88. The highest BCUT2D eigenvalue weighted by molar-refractivity contribution is 5.58. The third-order valence-electron chi connectivity index (χ3n) is 1.68. The monoisotopic (exact) mass is 193 g/mol. The highest BCUT2D eigenvalue weighted by Gasteiger charge is 2.01. The van der Waals surface area contributed by atoms with Crippen molar-refractivity contribution in [3.63, 3.8) is 0 Å². The SMILES string of the molecule is C=C(C)c1ccc(C)c(OC)n1.CC. The predicted octanol–water partition coefficient (Wildman–Crippen LogP) is 3.46. The van der Waals surface area contributed by atoms with Crippen LogP contribution in [0.4, 0.5) is 0 Å². The predicted molar refractivity (Wildman–Crippen MR) is 61.6 cm³/mol. The summed E-state index contributed by atoms with van der Waals surface area (Å²) in [6.07, 6.45) is 0. The van der Waals surface area contributed by atoms with Crippen LogP contribution in [0.1, 0.15) is 32.0 Å². The van der Waals surface area contributed by atoms with Crippen molar-refractivity contribution in [2.24, 2.45) is 0 Å². The molecule has 0 radical (unpaired) electrons. The summed E-state index contributed by atoms with van der Waals surface area (Å²) in [5, 5.41) is 0. The number of hydrogen-bond acceptors (Lipinski definition) is 2. The van der Waals surface area contributed by atoms with Crippen molar-refractivity contribution in [3.05, 3.63) is 30.0 Å². The second kappa shape index (κ2) is 6.19. The molecule has 1 aromatic rings. The molecule has 0 atom stereocenters. The first-order chi connectivity index (χ1) is 6.65. The zero-order valence-electron chi connectivity index (χ0n) is 9.72. The fourth-order valence-corrected chi connectivity index (χ4v) is 0.954. The third-order valence-corrected chi connectivity index (χ3v) is 1.68. The van der Waals surface area contributed by atoms with Gasteiger partial charge in [0.25, 0.3) is 0 Å².